The van der Waals surface area contributed by atoms with E-state index in [1.807, 2.05) is 7.11 Å². The summed E-state index contributed by atoms with van der Waals surface area (Å²) in [6.45, 7) is 13.4. The summed E-state index contributed by atoms with van der Waals surface area (Å²) in [4.78, 5) is 2.61. The number of fused-ring (bicyclic) bond motifs is 1. The highest BCUT2D eigenvalue weighted by Crippen LogP contribution is 2.47. The molecule has 2 heteroatoms. The Bertz CT molecular complexity index is 292. The highest BCUT2D eigenvalue weighted by molar-refractivity contribution is 5.19. The lowest BCUT2D eigenvalue weighted by Gasteiger charge is -2.37. The fourth-order valence-corrected chi connectivity index (χ4v) is 3.66. The molecule has 0 aliphatic carbocycles. The first kappa shape index (κ1) is 12.1. The molecule has 2 saturated heterocycles. The molecule has 2 aliphatic rings. The SMILES string of the molecule is C=C1CN2C[C@@H](OC)C[C@]2(CC(C)(C)C)C1. The van der Waals surface area contributed by atoms with Gasteiger partial charge >= 0.3 is 0 Å². The first-order valence-electron chi connectivity index (χ1n) is 6.29. The smallest absolute Gasteiger partial charge is 0.0716 e. The molecule has 0 unspecified atom stereocenters. The summed E-state index contributed by atoms with van der Waals surface area (Å²) in [5, 5.41) is 0. The highest BCUT2D eigenvalue weighted by atomic mass is 16.5. The summed E-state index contributed by atoms with van der Waals surface area (Å²) in [5.41, 5.74) is 2.13. The fraction of sp³-hybridized carbons (Fsp3) is 0.857. The summed E-state index contributed by atoms with van der Waals surface area (Å²) in [6, 6.07) is 0. The van der Waals surface area contributed by atoms with Gasteiger partial charge in [0.15, 0.2) is 0 Å². The molecule has 92 valence electrons. The lowest BCUT2D eigenvalue weighted by atomic mass is 9.77. The quantitative estimate of drug-likeness (QED) is 0.667. The Kier molecular flexibility index (Phi) is 2.92. The molecule has 0 bridgehead atoms. The summed E-state index contributed by atoms with van der Waals surface area (Å²) in [6.07, 6.45) is 4.03. The lowest BCUT2D eigenvalue weighted by molar-refractivity contribution is 0.107. The van der Waals surface area contributed by atoms with E-state index in [-0.39, 0.29) is 0 Å². The average molecular weight is 223 g/mol. The Hall–Kier alpha value is -0.340. The van der Waals surface area contributed by atoms with Crippen molar-refractivity contribution in [2.75, 3.05) is 20.2 Å². The Morgan fingerprint density at radius 1 is 1.50 bits per heavy atom. The number of hydrogen-bond donors (Lipinski definition) is 0. The number of nitrogens with zero attached hydrogens (tertiary/aromatic N) is 1. The molecule has 2 nitrogen and oxygen atoms in total. The largest absolute Gasteiger partial charge is 0.380 e. The number of methoxy groups -OCH3 is 1. The fourth-order valence-electron chi connectivity index (χ4n) is 3.66. The van der Waals surface area contributed by atoms with Gasteiger partial charge in [0, 0.05) is 25.7 Å². The molecule has 0 aromatic rings. The van der Waals surface area contributed by atoms with Crippen molar-refractivity contribution in [2.24, 2.45) is 5.41 Å². The van der Waals surface area contributed by atoms with Crippen molar-refractivity contribution in [3.8, 4) is 0 Å². The van der Waals surface area contributed by atoms with E-state index in [4.69, 9.17) is 4.74 Å². The van der Waals surface area contributed by atoms with Gasteiger partial charge in [-0.25, -0.2) is 0 Å². The van der Waals surface area contributed by atoms with Gasteiger partial charge in [0.05, 0.1) is 6.10 Å². The van der Waals surface area contributed by atoms with Crippen LogP contribution in [0.4, 0.5) is 0 Å². The van der Waals surface area contributed by atoms with Crippen molar-refractivity contribution >= 4 is 0 Å². The minimum atomic E-state index is 0.343. The summed E-state index contributed by atoms with van der Waals surface area (Å²) in [7, 11) is 1.84. The number of rotatable bonds is 2. The van der Waals surface area contributed by atoms with Gasteiger partial charge in [0.1, 0.15) is 0 Å². The van der Waals surface area contributed by atoms with Crippen LogP contribution in [0.25, 0.3) is 0 Å². The third-order valence-electron chi connectivity index (χ3n) is 3.89. The molecule has 0 aromatic carbocycles. The van der Waals surface area contributed by atoms with Crippen LogP contribution in [0.2, 0.25) is 0 Å². The monoisotopic (exact) mass is 223 g/mol. The van der Waals surface area contributed by atoms with Gasteiger partial charge in [-0.2, -0.15) is 0 Å². The molecule has 2 rings (SSSR count). The molecule has 2 aliphatic heterocycles. The number of hydrogen-bond acceptors (Lipinski definition) is 2. The van der Waals surface area contributed by atoms with Gasteiger partial charge in [0.25, 0.3) is 0 Å². The van der Waals surface area contributed by atoms with Crippen LogP contribution < -0.4 is 0 Å². The van der Waals surface area contributed by atoms with Gasteiger partial charge in [-0.1, -0.05) is 32.9 Å². The van der Waals surface area contributed by atoms with Crippen LogP contribution in [0, 0.1) is 5.41 Å². The van der Waals surface area contributed by atoms with Crippen molar-refractivity contribution in [3.05, 3.63) is 12.2 Å². The molecule has 0 N–H and O–H groups in total. The predicted octanol–water partition coefficient (Wildman–Crippen LogP) is 2.84. The minimum absolute atomic E-state index is 0.343. The van der Waals surface area contributed by atoms with E-state index < -0.39 is 0 Å². The van der Waals surface area contributed by atoms with E-state index in [0.717, 1.165) is 13.1 Å². The third-order valence-corrected chi connectivity index (χ3v) is 3.89. The first-order valence-corrected chi connectivity index (χ1v) is 6.29. The minimum Gasteiger partial charge on any atom is -0.380 e. The van der Waals surface area contributed by atoms with Gasteiger partial charge in [-0.3, -0.25) is 4.90 Å². The van der Waals surface area contributed by atoms with Gasteiger partial charge in [-0.05, 0) is 24.7 Å². The molecule has 0 amide bonds. The summed E-state index contributed by atoms with van der Waals surface area (Å²) < 4.78 is 5.55. The molecule has 0 aromatic heterocycles. The number of ether oxygens (including phenoxy) is 1. The molecule has 2 fully saturated rings. The normalized spacial score (nSPS) is 35.8. The van der Waals surface area contributed by atoms with Gasteiger partial charge in [-0.15, -0.1) is 0 Å². The van der Waals surface area contributed by atoms with Crippen LogP contribution >= 0.6 is 0 Å². The second kappa shape index (κ2) is 3.85. The van der Waals surface area contributed by atoms with E-state index in [0.29, 0.717) is 17.1 Å². The summed E-state index contributed by atoms with van der Waals surface area (Å²) >= 11 is 0. The molecular weight excluding hydrogens is 198 g/mol. The predicted molar refractivity (Wildman–Crippen MR) is 67.5 cm³/mol. The van der Waals surface area contributed by atoms with E-state index in [2.05, 4.69) is 32.3 Å². The second-order valence-electron chi connectivity index (χ2n) is 6.83. The van der Waals surface area contributed by atoms with Crippen LogP contribution in [0.3, 0.4) is 0 Å². The lowest BCUT2D eigenvalue weighted by Crippen LogP contribution is -2.41. The maximum Gasteiger partial charge on any atom is 0.0716 e. The van der Waals surface area contributed by atoms with Crippen LogP contribution in [0.15, 0.2) is 12.2 Å². The highest BCUT2D eigenvalue weighted by Gasteiger charge is 2.50. The third kappa shape index (κ3) is 2.18. The van der Waals surface area contributed by atoms with Crippen LogP contribution in [0.5, 0.6) is 0 Å². The van der Waals surface area contributed by atoms with E-state index in [9.17, 15) is 0 Å². The van der Waals surface area contributed by atoms with Gasteiger partial charge in [0.2, 0.25) is 0 Å². The molecule has 16 heavy (non-hydrogen) atoms. The maximum atomic E-state index is 5.55. The Balaban J connectivity index is 2.17. The topological polar surface area (TPSA) is 12.5 Å². The van der Waals surface area contributed by atoms with Crippen molar-refractivity contribution in [1.82, 2.24) is 4.90 Å². The Labute approximate surface area is 99.7 Å². The molecule has 0 spiro atoms. The van der Waals surface area contributed by atoms with Gasteiger partial charge < -0.3 is 4.74 Å². The van der Waals surface area contributed by atoms with Crippen LogP contribution in [0.1, 0.15) is 40.0 Å². The zero-order valence-corrected chi connectivity index (χ0v) is 11.2. The van der Waals surface area contributed by atoms with Crippen molar-refractivity contribution in [2.45, 2.75) is 51.7 Å². The molecular formula is C14H25NO. The molecule has 2 heterocycles. The summed E-state index contributed by atoms with van der Waals surface area (Å²) in [5.74, 6) is 0. The Morgan fingerprint density at radius 3 is 2.75 bits per heavy atom. The molecule has 0 radical (unpaired) electrons. The van der Waals surface area contributed by atoms with E-state index in [1.165, 1.54) is 24.8 Å². The zero-order chi connectivity index (χ0) is 12.0. The zero-order valence-electron chi connectivity index (χ0n) is 11.2. The standard InChI is InChI=1S/C14H25NO/c1-11-6-14(10-13(2,3)4)7-12(16-5)9-15(14)8-11/h12H,1,6-10H2,2-5H3/t12-,14-/m0/s1. The average Bonchev–Trinajstić information content (AvgIpc) is 2.52. The first-order chi connectivity index (χ1) is 7.35. The van der Waals surface area contributed by atoms with Crippen LogP contribution in [-0.2, 0) is 4.74 Å². The van der Waals surface area contributed by atoms with Crippen molar-refractivity contribution in [3.63, 3.8) is 0 Å². The van der Waals surface area contributed by atoms with Crippen LogP contribution in [-0.4, -0.2) is 36.7 Å². The second-order valence-corrected chi connectivity index (χ2v) is 6.83. The molecule has 0 saturated carbocycles. The van der Waals surface area contributed by atoms with Crippen molar-refractivity contribution in [1.29, 1.82) is 0 Å². The Morgan fingerprint density at radius 2 is 2.19 bits per heavy atom. The maximum absolute atomic E-state index is 5.55. The van der Waals surface area contributed by atoms with E-state index >= 15 is 0 Å². The molecule has 2 atom stereocenters. The van der Waals surface area contributed by atoms with Crippen molar-refractivity contribution < 1.29 is 4.74 Å². The van der Waals surface area contributed by atoms with E-state index in [1.54, 1.807) is 0 Å².